The zero-order chi connectivity index (χ0) is 10.3. The second-order valence-corrected chi connectivity index (χ2v) is 46.6. The zero-order valence-corrected chi connectivity index (χ0v) is 18.3. The third-order valence-electron chi connectivity index (χ3n) is 3.60. The molecule has 0 amide bonds. The molecule has 0 aromatic heterocycles. The van der Waals surface area contributed by atoms with E-state index in [4.69, 9.17) is 0 Å². The molecule has 0 nitrogen and oxygen atoms in total. The average molecular weight is 531 g/mol. The second kappa shape index (κ2) is 5.76. The van der Waals surface area contributed by atoms with E-state index in [-0.39, 0.29) is 34.0 Å². The second-order valence-electron chi connectivity index (χ2n) is 5.33. The van der Waals surface area contributed by atoms with E-state index in [1.807, 2.05) is 0 Å². The molecule has 0 aliphatic heterocycles. The maximum absolute atomic E-state index is 2.73. The van der Waals surface area contributed by atoms with Crippen LogP contribution >= 0.6 is 34.0 Å². The van der Waals surface area contributed by atoms with Crippen molar-refractivity contribution in [1.82, 2.24) is 0 Å². The van der Waals surface area contributed by atoms with Gasteiger partial charge in [-0.15, -0.1) is 34.0 Å². The van der Waals surface area contributed by atoms with Crippen LogP contribution in [0.15, 0.2) is 43.1 Å². The van der Waals surface area contributed by atoms with Crippen molar-refractivity contribution in [2.75, 3.05) is 0 Å². The predicted octanol–water partition coefficient (Wildman–Crippen LogP) is 4.16. The van der Waals surface area contributed by atoms with Gasteiger partial charge in [0.2, 0.25) is 0 Å². The van der Waals surface area contributed by atoms with Gasteiger partial charge in [-0.2, -0.15) is 0 Å². The van der Waals surface area contributed by atoms with Crippen LogP contribution in [0.1, 0.15) is 12.8 Å². The minimum absolute atomic E-state index is 0. The Morgan fingerprint density at radius 1 is 0.938 bits per heavy atom. The predicted molar refractivity (Wildman–Crippen MR) is 84.6 cm³/mol. The van der Waals surface area contributed by atoms with Gasteiger partial charge in [-0.25, -0.2) is 0 Å². The van der Waals surface area contributed by atoms with Crippen molar-refractivity contribution in [2.24, 2.45) is 0 Å². The summed E-state index contributed by atoms with van der Waals surface area (Å²) in [5.41, 5.74) is 0. The Hall–Kier alpha value is 1.01. The van der Waals surface area contributed by atoms with Gasteiger partial charge < -0.3 is 0 Å². The van der Waals surface area contributed by atoms with Crippen molar-refractivity contribution in [3.63, 3.8) is 0 Å². The van der Waals surface area contributed by atoms with E-state index in [0.29, 0.717) is 0 Å². The minimum atomic E-state index is -2.73. The van der Waals surface area contributed by atoms with Crippen molar-refractivity contribution >= 4 is 40.9 Å². The fraction of sp³-hybridized carbons (Fsp3) is 0.333. The standard InChI is InChI=1S/2C5H5.2CH3.2BrH.Hf.H2Si/c2*1-2-4-5-3-1;;;;;;/h2*1-3H,4H2;2*1H3;2*1H;;1H2. The molecule has 0 fully saturated rings. The normalized spacial score (nSPS) is 18.7. The summed E-state index contributed by atoms with van der Waals surface area (Å²) in [6.07, 6.45) is 16.2. The molecule has 0 atom stereocenters. The Labute approximate surface area is 122 Å². The molecule has 0 N–H and O–H groups in total. The summed E-state index contributed by atoms with van der Waals surface area (Å²) < 4.78 is 8.67. The number of hydrogen-bond acceptors (Lipinski definition) is 0. The van der Waals surface area contributed by atoms with E-state index >= 15 is 0 Å². The Morgan fingerprint density at radius 3 is 1.56 bits per heavy atom. The molecule has 16 heavy (non-hydrogen) atoms. The average Bonchev–Trinajstić information content (AvgIpc) is 2.78. The summed E-state index contributed by atoms with van der Waals surface area (Å²) in [6.45, 7) is 2.33. The Bertz CT molecular complexity index is 414. The van der Waals surface area contributed by atoms with Crippen LogP contribution < -0.4 is 0 Å². The molecule has 0 bridgehead atoms. The van der Waals surface area contributed by atoms with Crippen LogP contribution in [0.25, 0.3) is 0 Å². The first-order valence-electron chi connectivity index (χ1n) is 5.29. The van der Waals surface area contributed by atoms with Crippen LogP contribution in [0, 0.1) is 0 Å². The third-order valence-corrected chi connectivity index (χ3v) is 28.5. The van der Waals surface area contributed by atoms with Gasteiger partial charge in [0.15, 0.2) is 0 Å². The van der Waals surface area contributed by atoms with Gasteiger partial charge in [0, 0.05) is 0 Å². The van der Waals surface area contributed by atoms with Gasteiger partial charge in [-0.1, -0.05) is 0 Å². The monoisotopic (exact) mass is 530 g/mol. The fourth-order valence-electron chi connectivity index (χ4n) is 2.29. The Kier molecular flexibility index (Phi) is 6.13. The van der Waals surface area contributed by atoms with Crippen LogP contribution in [-0.4, -0.2) is 6.94 Å². The van der Waals surface area contributed by atoms with Gasteiger partial charge in [-0.3, -0.25) is 0 Å². The van der Waals surface area contributed by atoms with E-state index in [1.165, 1.54) is 12.8 Å². The topological polar surface area (TPSA) is 0 Å². The molecule has 0 aromatic rings. The molecule has 0 aromatic carbocycles. The van der Waals surface area contributed by atoms with Crippen molar-refractivity contribution in [2.45, 2.75) is 22.2 Å². The summed E-state index contributed by atoms with van der Waals surface area (Å²) >= 11 is -2.73. The van der Waals surface area contributed by atoms with E-state index in [1.54, 1.807) is 6.66 Å². The maximum atomic E-state index is 2.58. The van der Waals surface area contributed by atoms with Crippen LogP contribution in [0.2, 0.25) is 9.36 Å². The van der Waals surface area contributed by atoms with Gasteiger partial charge >= 0.3 is 89.4 Å². The summed E-state index contributed by atoms with van der Waals surface area (Å²) in [7, 11) is 0. The quantitative estimate of drug-likeness (QED) is 0.471. The first-order valence-corrected chi connectivity index (χ1v) is 24.4. The first kappa shape index (κ1) is 17.0. The summed E-state index contributed by atoms with van der Waals surface area (Å²) in [4.78, 5) is 0. The Balaban J connectivity index is 0.00000112. The summed E-state index contributed by atoms with van der Waals surface area (Å²) in [6, 6.07) is 0. The van der Waals surface area contributed by atoms with Gasteiger partial charge in [0.25, 0.3) is 0 Å². The molecular weight excluding hydrogens is 511 g/mol. The van der Waals surface area contributed by atoms with E-state index in [2.05, 4.69) is 52.8 Å². The number of allylic oxidation sites excluding steroid dienone is 8. The van der Waals surface area contributed by atoms with Crippen molar-refractivity contribution < 1.29 is 17.1 Å². The van der Waals surface area contributed by atoms with Crippen molar-refractivity contribution in [1.29, 1.82) is 0 Å². The van der Waals surface area contributed by atoms with Gasteiger partial charge in [0.05, 0.1) is 0 Å². The Morgan fingerprint density at radius 2 is 1.31 bits per heavy atom. The molecule has 0 radical (unpaired) electrons. The fourth-order valence-corrected chi connectivity index (χ4v) is 18.1. The molecule has 4 heteroatoms. The molecule has 0 saturated heterocycles. The molecule has 2 rings (SSSR count). The molecule has 2 aliphatic rings. The van der Waals surface area contributed by atoms with Crippen LogP contribution in [-0.2, 0) is 17.1 Å². The number of halogens is 2. The number of rotatable bonds is 2. The van der Waals surface area contributed by atoms with Gasteiger partial charge in [0.1, 0.15) is 0 Å². The van der Waals surface area contributed by atoms with E-state index < -0.39 is 17.1 Å². The molecule has 0 saturated carbocycles. The van der Waals surface area contributed by atoms with E-state index in [9.17, 15) is 0 Å². The van der Waals surface area contributed by atoms with Crippen LogP contribution in [0.5, 0.6) is 0 Å². The SMILES string of the molecule is Br.Br.[CH3][Hf]([CH3])(=[SiH2])([C]1=CC=CC1)[C]1=CC=CC1. The first-order chi connectivity index (χ1) is 6.49. The van der Waals surface area contributed by atoms with Crippen molar-refractivity contribution in [3.05, 3.63) is 43.1 Å². The summed E-state index contributed by atoms with van der Waals surface area (Å²) in [5, 5.41) is 0. The molecule has 0 unspecified atom stereocenters. The van der Waals surface area contributed by atoms with Crippen LogP contribution in [0.3, 0.4) is 0 Å². The molecule has 0 heterocycles. The van der Waals surface area contributed by atoms with Crippen molar-refractivity contribution in [3.8, 4) is 0 Å². The summed E-state index contributed by atoms with van der Waals surface area (Å²) in [5.74, 6) is 0. The van der Waals surface area contributed by atoms with E-state index in [0.717, 1.165) is 0 Å². The molecular formula is C12H20Br2HfSi. The van der Waals surface area contributed by atoms with Gasteiger partial charge in [-0.05, 0) is 0 Å². The molecule has 90 valence electrons. The molecule has 0 spiro atoms. The third kappa shape index (κ3) is 3.06. The molecule has 2 aliphatic carbocycles. The number of hydrogen-bond donors (Lipinski definition) is 0. The zero-order valence-electron chi connectivity index (χ0n) is 9.90. The van der Waals surface area contributed by atoms with Crippen LogP contribution in [0.4, 0.5) is 0 Å².